The summed E-state index contributed by atoms with van der Waals surface area (Å²) >= 11 is 6.01. The minimum atomic E-state index is -0.215. The number of rotatable bonds is 2. The average molecular weight is 323 g/mol. The van der Waals surface area contributed by atoms with E-state index in [0.29, 0.717) is 22.4 Å². The summed E-state index contributed by atoms with van der Waals surface area (Å²) in [5.41, 5.74) is 0.571. The summed E-state index contributed by atoms with van der Waals surface area (Å²) in [5.74, 6) is 0.865. The number of carbonyl (C=O) groups is 2. The van der Waals surface area contributed by atoms with Gasteiger partial charge in [-0.1, -0.05) is 18.5 Å². The molecule has 1 atom stereocenters. The Labute approximate surface area is 134 Å². The molecule has 6 heteroatoms. The van der Waals surface area contributed by atoms with Crippen LogP contribution in [0.5, 0.6) is 5.75 Å². The van der Waals surface area contributed by atoms with E-state index in [2.05, 4.69) is 6.92 Å². The first-order valence-corrected chi connectivity index (χ1v) is 7.93. The Bertz CT molecular complexity index is 605. The van der Waals surface area contributed by atoms with Crippen LogP contribution in [-0.4, -0.2) is 43.0 Å². The molecule has 118 valence electrons. The second-order valence-corrected chi connectivity index (χ2v) is 6.40. The summed E-state index contributed by atoms with van der Waals surface area (Å²) in [6, 6.07) is 5.10. The number of likely N-dealkylation sites (tertiary alicyclic amines) is 1. The first-order valence-electron chi connectivity index (χ1n) is 7.55. The van der Waals surface area contributed by atoms with E-state index >= 15 is 0 Å². The molecule has 0 N–H and O–H groups in total. The van der Waals surface area contributed by atoms with Crippen LogP contribution < -0.4 is 9.64 Å². The fraction of sp³-hybridized carbons (Fsp3) is 0.500. The van der Waals surface area contributed by atoms with Gasteiger partial charge in [-0.25, -0.2) is 0 Å². The molecule has 0 saturated carbocycles. The molecule has 5 nitrogen and oxygen atoms in total. The third kappa shape index (κ3) is 3.04. The zero-order valence-electron chi connectivity index (χ0n) is 12.5. The van der Waals surface area contributed by atoms with Crippen molar-refractivity contribution < 1.29 is 14.3 Å². The number of ether oxygens (including phenoxy) is 1. The maximum Gasteiger partial charge on any atom is 0.265 e. The number of carbonyl (C=O) groups excluding carboxylic acids is 2. The average Bonchev–Trinajstić information content (AvgIpc) is 2.50. The minimum Gasteiger partial charge on any atom is -0.482 e. The van der Waals surface area contributed by atoms with Crippen molar-refractivity contribution in [1.29, 1.82) is 0 Å². The number of piperidine rings is 1. The lowest BCUT2D eigenvalue weighted by Gasteiger charge is -2.34. The second kappa shape index (κ2) is 6.16. The van der Waals surface area contributed by atoms with Crippen LogP contribution in [-0.2, 0) is 9.59 Å². The highest BCUT2D eigenvalue weighted by Gasteiger charge is 2.30. The van der Waals surface area contributed by atoms with Crippen LogP contribution in [0.2, 0.25) is 5.02 Å². The highest BCUT2D eigenvalue weighted by molar-refractivity contribution is 6.31. The number of nitrogens with zero attached hydrogens (tertiary/aromatic N) is 2. The van der Waals surface area contributed by atoms with E-state index in [9.17, 15) is 9.59 Å². The number of fused-ring (bicyclic) bond motifs is 1. The van der Waals surface area contributed by atoms with Crippen LogP contribution in [0.3, 0.4) is 0 Å². The molecule has 2 heterocycles. The molecule has 1 saturated heterocycles. The van der Waals surface area contributed by atoms with Gasteiger partial charge in [0.25, 0.3) is 5.91 Å². The van der Waals surface area contributed by atoms with Crippen molar-refractivity contribution >= 4 is 29.1 Å². The molecular formula is C16H19ClN2O3. The Balaban J connectivity index is 1.78. The third-order valence-electron chi connectivity index (χ3n) is 4.17. The molecule has 1 aromatic carbocycles. The first-order chi connectivity index (χ1) is 10.5. The molecule has 3 rings (SSSR count). The normalized spacial score (nSPS) is 21.4. The molecule has 1 aromatic rings. The topological polar surface area (TPSA) is 49.9 Å². The highest BCUT2D eigenvalue weighted by atomic mass is 35.5. The summed E-state index contributed by atoms with van der Waals surface area (Å²) in [6.45, 7) is 3.68. The van der Waals surface area contributed by atoms with Crippen molar-refractivity contribution in [3.05, 3.63) is 23.2 Å². The second-order valence-electron chi connectivity index (χ2n) is 5.97. The van der Waals surface area contributed by atoms with Crippen molar-refractivity contribution in [3.63, 3.8) is 0 Å². The van der Waals surface area contributed by atoms with Crippen molar-refractivity contribution in [2.75, 3.05) is 31.1 Å². The van der Waals surface area contributed by atoms with Gasteiger partial charge in [0, 0.05) is 18.1 Å². The number of anilines is 1. The van der Waals surface area contributed by atoms with Crippen molar-refractivity contribution in [3.8, 4) is 5.75 Å². The quantitative estimate of drug-likeness (QED) is 0.839. The minimum absolute atomic E-state index is 0.0206. The van der Waals surface area contributed by atoms with Crippen molar-refractivity contribution in [2.24, 2.45) is 5.92 Å². The monoisotopic (exact) mass is 322 g/mol. The number of hydrogen-bond acceptors (Lipinski definition) is 3. The molecule has 0 aromatic heterocycles. The summed E-state index contributed by atoms with van der Waals surface area (Å²) < 4.78 is 5.39. The van der Waals surface area contributed by atoms with E-state index in [1.165, 1.54) is 4.90 Å². The van der Waals surface area contributed by atoms with Gasteiger partial charge < -0.3 is 9.64 Å². The lowest BCUT2D eigenvalue weighted by Crippen LogP contribution is -2.48. The predicted molar refractivity (Wildman–Crippen MR) is 84.3 cm³/mol. The first kappa shape index (κ1) is 15.2. The Morgan fingerprint density at radius 1 is 1.45 bits per heavy atom. The van der Waals surface area contributed by atoms with Gasteiger partial charge in [0.2, 0.25) is 5.91 Å². The zero-order chi connectivity index (χ0) is 15.7. The van der Waals surface area contributed by atoms with Gasteiger partial charge in [-0.15, -0.1) is 0 Å². The smallest absolute Gasteiger partial charge is 0.265 e. The standard InChI is InChI=1S/C16H19ClN2O3/c1-11-3-2-6-18(8-11)15(20)9-19-13-7-12(17)4-5-14(13)22-10-16(19)21/h4-5,7,11H,2-3,6,8-10H2,1H3/t11-/m0/s1. The van der Waals surface area contributed by atoms with E-state index in [-0.39, 0.29) is 25.0 Å². The Morgan fingerprint density at radius 2 is 2.27 bits per heavy atom. The summed E-state index contributed by atoms with van der Waals surface area (Å²) in [5, 5.41) is 0.515. The van der Waals surface area contributed by atoms with Gasteiger partial charge in [-0.3, -0.25) is 14.5 Å². The van der Waals surface area contributed by atoms with Gasteiger partial charge in [0.1, 0.15) is 12.3 Å². The van der Waals surface area contributed by atoms with Crippen LogP contribution in [0, 0.1) is 5.92 Å². The summed E-state index contributed by atoms with van der Waals surface area (Å²) in [7, 11) is 0. The van der Waals surface area contributed by atoms with Crippen molar-refractivity contribution in [1.82, 2.24) is 4.90 Å². The van der Waals surface area contributed by atoms with E-state index in [4.69, 9.17) is 16.3 Å². The van der Waals surface area contributed by atoms with E-state index < -0.39 is 0 Å². The predicted octanol–water partition coefficient (Wildman–Crippen LogP) is 2.32. The third-order valence-corrected chi connectivity index (χ3v) is 4.40. The summed E-state index contributed by atoms with van der Waals surface area (Å²) in [4.78, 5) is 28.0. The fourth-order valence-electron chi connectivity index (χ4n) is 3.00. The van der Waals surface area contributed by atoms with Crippen LogP contribution >= 0.6 is 11.6 Å². The van der Waals surface area contributed by atoms with Crippen molar-refractivity contribution in [2.45, 2.75) is 19.8 Å². The maximum absolute atomic E-state index is 12.5. The molecule has 0 bridgehead atoms. The molecule has 2 aliphatic rings. The van der Waals surface area contributed by atoms with E-state index in [1.54, 1.807) is 18.2 Å². The van der Waals surface area contributed by atoms with Gasteiger partial charge in [0.05, 0.1) is 5.69 Å². The van der Waals surface area contributed by atoms with Crippen LogP contribution in [0.15, 0.2) is 18.2 Å². The Hall–Kier alpha value is -1.75. The highest BCUT2D eigenvalue weighted by Crippen LogP contribution is 2.34. The maximum atomic E-state index is 12.5. The molecule has 22 heavy (non-hydrogen) atoms. The van der Waals surface area contributed by atoms with E-state index in [0.717, 1.165) is 25.9 Å². The SMILES string of the molecule is C[C@H]1CCCN(C(=O)CN2C(=O)COc3ccc(Cl)cc32)C1. The molecule has 0 spiro atoms. The Morgan fingerprint density at radius 3 is 3.05 bits per heavy atom. The fourth-order valence-corrected chi connectivity index (χ4v) is 3.17. The van der Waals surface area contributed by atoms with Crippen LogP contribution in [0.4, 0.5) is 5.69 Å². The number of halogens is 1. The number of benzene rings is 1. The largest absolute Gasteiger partial charge is 0.482 e. The zero-order valence-corrected chi connectivity index (χ0v) is 13.3. The van der Waals surface area contributed by atoms with Gasteiger partial charge in [0.15, 0.2) is 6.61 Å². The molecule has 1 fully saturated rings. The van der Waals surface area contributed by atoms with Gasteiger partial charge in [-0.05, 0) is 37.0 Å². The number of hydrogen-bond donors (Lipinski definition) is 0. The molecular weight excluding hydrogens is 304 g/mol. The molecule has 0 aliphatic carbocycles. The van der Waals surface area contributed by atoms with Crippen LogP contribution in [0.25, 0.3) is 0 Å². The molecule has 2 aliphatic heterocycles. The van der Waals surface area contributed by atoms with Crippen LogP contribution in [0.1, 0.15) is 19.8 Å². The molecule has 0 unspecified atom stereocenters. The van der Waals surface area contributed by atoms with Gasteiger partial charge in [-0.2, -0.15) is 0 Å². The lowest BCUT2D eigenvalue weighted by molar-refractivity contribution is -0.133. The number of amides is 2. The van der Waals surface area contributed by atoms with Gasteiger partial charge >= 0.3 is 0 Å². The summed E-state index contributed by atoms with van der Waals surface area (Å²) in [6.07, 6.45) is 2.17. The molecule has 0 radical (unpaired) electrons. The Kier molecular flexibility index (Phi) is 4.25. The van der Waals surface area contributed by atoms with E-state index in [1.807, 2.05) is 4.90 Å². The lowest BCUT2D eigenvalue weighted by atomic mass is 10.0. The molecule has 2 amide bonds.